The standard InChI is InChI=1S/C14H27N4O15P3/c15-1-2-28-3-4-29-7-9-6-18(14(20)17-13(9)16)12-5-10(19)11(31-12)8-30-35(24,25)33-36(26,27)32-34(21,22)23/h6,10-12,19H,1-5,7-8,15H2,(H,24,25)(H,26,27)(H2,16,17,20)(H2,21,22,23)/t10-,11+,12+/m0/s1. The van der Waals surface area contributed by atoms with Gasteiger partial charge >= 0.3 is 29.2 Å². The van der Waals surface area contributed by atoms with E-state index in [0.717, 1.165) is 4.57 Å². The largest absolute Gasteiger partial charge is 0.490 e. The first-order valence-electron chi connectivity index (χ1n) is 9.97. The average molecular weight is 584 g/mol. The summed E-state index contributed by atoms with van der Waals surface area (Å²) in [5.74, 6) is -0.0955. The molecule has 1 saturated heterocycles. The molecule has 19 nitrogen and oxygen atoms in total. The van der Waals surface area contributed by atoms with E-state index in [1.165, 1.54) is 6.20 Å². The molecule has 0 aromatic carbocycles. The Morgan fingerprint density at radius 2 is 1.75 bits per heavy atom. The fourth-order valence-corrected chi connectivity index (χ4v) is 5.86. The van der Waals surface area contributed by atoms with Crippen LogP contribution in [0, 0.1) is 0 Å². The predicted molar refractivity (Wildman–Crippen MR) is 117 cm³/mol. The van der Waals surface area contributed by atoms with Crippen molar-refractivity contribution in [1.82, 2.24) is 9.55 Å². The fourth-order valence-electron chi connectivity index (χ4n) is 2.83. The molecule has 2 heterocycles. The Morgan fingerprint density at radius 3 is 2.39 bits per heavy atom. The van der Waals surface area contributed by atoms with Crippen LogP contribution in [0.1, 0.15) is 18.2 Å². The first kappa shape index (κ1) is 31.1. The van der Waals surface area contributed by atoms with Gasteiger partial charge in [0.2, 0.25) is 0 Å². The van der Waals surface area contributed by atoms with E-state index < -0.39 is 54.2 Å². The molecular formula is C14H27N4O15P3. The molecule has 1 fully saturated rings. The van der Waals surface area contributed by atoms with Crippen LogP contribution in [-0.2, 0) is 47.7 Å². The summed E-state index contributed by atoms with van der Waals surface area (Å²) in [7, 11) is -16.7. The summed E-state index contributed by atoms with van der Waals surface area (Å²) in [5, 5.41) is 10.2. The molecule has 5 atom stereocenters. The number of ether oxygens (including phenoxy) is 3. The van der Waals surface area contributed by atoms with E-state index in [9.17, 15) is 28.5 Å². The Morgan fingerprint density at radius 1 is 1.08 bits per heavy atom. The maximum absolute atomic E-state index is 12.3. The molecule has 208 valence electrons. The fraction of sp³-hybridized carbons (Fsp3) is 0.714. The lowest BCUT2D eigenvalue weighted by molar-refractivity contribution is -0.0451. The monoisotopic (exact) mass is 584 g/mol. The van der Waals surface area contributed by atoms with Gasteiger partial charge in [0.15, 0.2) is 0 Å². The zero-order valence-electron chi connectivity index (χ0n) is 18.5. The second-order valence-corrected chi connectivity index (χ2v) is 11.5. The van der Waals surface area contributed by atoms with Gasteiger partial charge in [-0.2, -0.15) is 13.6 Å². The smallest absolute Gasteiger partial charge is 0.390 e. The maximum atomic E-state index is 12.3. The van der Waals surface area contributed by atoms with Crippen LogP contribution < -0.4 is 17.2 Å². The van der Waals surface area contributed by atoms with Gasteiger partial charge in [0, 0.05) is 24.7 Å². The van der Waals surface area contributed by atoms with E-state index in [1.54, 1.807) is 0 Å². The maximum Gasteiger partial charge on any atom is 0.490 e. The van der Waals surface area contributed by atoms with Crippen molar-refractivity contribution in [3.05, 3.63) is 22.2 Å². The number of aromatic nitrogens is 2. The Balaban J connectivity index is 1.98. The summed E-state index contributed by atoms with van der Waals surface area (Å²) < 4.78 is 62.6. The number of nitrogens with zero attached hydrogens (tertiary/aromatic N) is 2. The second kappa shape index (κ2) is 13.1. The van der Waals surface area contributed by atoms with Crippen molar-refractivity contribution in [2.24, 2.45) is 5.73 Å². The highest BCUT2D eigenvalue weighted by atomic mass is 31.3. The van der Waals surface area contributed by atoms with E-state index in [1.807, 2.05) is 0 Å². The Kier molecular flexibility index (Phi) is 11.3. The van der Waals surface area contributed by atoms with E-state index in [-0.39, 0.29) is 32.1 Å². The highest BCUT2D eigenvalue weighted by Crippen LogP contribution is 2.66. The van der Waals surface area contributed by atoms with Crippen molar-refractivity contribution in [3.8, 4) is 0 Å². The summed E-state index contributed by atoms with van der Waals surface area (Å²) in [4.78, 5) is 51.7. The summed E-state index contributed by atoms with van der Waals surface area (Å²) in [6, 6.07) is 0. The normalized spacial score (nSPS) is 23.9. The minimum absolute atomic E-state index is 0.0319. The van der Waals surface area contributed by atoms with Gasteiger partial charge in [0.25, 0.3) is 0 Å². The van der Waals surface area contributed by atoms with E-state index >= 15 is 0 Å². The Hall–Kier alpha value is -1.11. The number of aliphatic hydroxyl groups is 1. The van der Waals surface area contributed by atoms with Gasteiger partial charge in [-0.05, 0) is 0 Å². The van der Waals surface area contributed by atoms with Crippen molar-refractivity contribution in [1.29, 1.82) is 0 Å². The number of rotatable bonds is 15. The number of aliphatic hydroxyl groups excluding tert-OH is 1. The molecule has 0 radical (unpaired) electrons. The lowest BCUT2D eigenvalue weighted by Gasteiger charge is -2.19. The topological polar surface area (TPSA) is 295 Å². The number of hydrogen-bond donors (Lipinski definition) is 7. The highest BCUT2D eigenvalue weighted by molar-refractivity contribution is 7.66. The molecular weight excluding hydrogens is 557 g/mol. The average Bonchev–Trinajstić information content (AvgIpc) is 3.08. The van der Waals surface area contributed by atoms with Gasteiger partial charge in [0.05, 0.1) is 39.1 Å². The summed E-state index contributed by atoms with van der Waals surface area (Å²) in [6.07, 6.45) is -2.67. The summed E-state index contributed by atoms with van der Waals surface area (Å²) in [6.45, 7) is 0.284. The lowest BCUT2D eigenvalue weighted by Crippen LogP contribution is -2.29. The molecule has 1 aromatic rings. The van der Waals surface area contributed by atoms with Crippen LogP contribution in [0.4, 0.5) is 5.82 Å². The third-order valence-corrected chi connectivity index (χ3v) is 8.09. The van der Waals surface area contributed by atoms with Gasteiger partial charge in [-0.25, -0.2) is 18.5 Å². The molecule has 0 bridgehead atoms. The van der Waals surface area contributed by atoms with Gasteiger partial charge < -0.3 is 50.4 Å². The van der Waals surface area contributed by atoms with Crippen molar-refractivity contribution >= 4 is 29.3 Å². The zero-order chi connectivity index (χ0) is 27.1. The zero-order valence-corrected chi connectivity index (χ0v) is 21.2. The number of anilines is 1. The Bertz CT molecular complexity index is 1080. The number of nitrogens with two attached hydrogens (primary N) is 2. The van der Waals surface area contributed by atoms with E-state index in [2.05, 4.69) is 18.1 Å². The lowest BCUT2D eigenvalue weighted by atomic mass is 10.2. The molecule has 0 saturated carbocycles. The van der Waals surface area contributed by atoms with Crippen LogP contribution in [0.2, 0.25) is 0 Å². The molecule has 0 amide bonds. The highest BCUT2D eigenvalue weighted by Gasteiger charge is 2.43. The third-order valence-electron chi connectivity index (χ3n) is 4.28. The molecule has 0 spiro atoms. The number of phosphoric acid groups is 3. The van der Waals surface area contributed by atoms with E-state index in [0.29, 0.717) is 18.7 Å². The minimum atomic E-state index is -5.70. The molecule has 1 aliphatic rings. The summed E-state index contributed by atoms with van der Waals surface area (Å²) >= 11 is 0. The van der Waals surface area contributed by atoms with Gasteiger partial charge in [-0.3, -0.25) is 9.09 Å². The minimum Gasteiger partial charge on any atom is -0.390 e. The van der Waals surface area contributed by atoms with Crippen LogP contribution in [0.5, 0.6) is 0 Å². The van der Waals surface area contributed by atoms with Crippen LogP contribution in [0.3, 0.4) is 0 Å². The van der Waals surface area contributed by atoms with Crippen LogP contribution in [-0.4, -0.2) is 79.4 Å². The molecule has 22 heteroatoms. The molecule has 1 aliphatic heterocycles. The summed E-state index contributed by atoms with van der Waals surface area (Å²) in [5.41, 5.74) is 10.6. The van der Waals surface area contributed by atoms with Crippen molar-refractivity contribution < 1.29 is 65.7 Å². The van der Waals surface area contributed by atoms with E-state index in [4.69, 9.17) is 40.4 Å². The number of hydrogen-bond acceptors (Lipinski definition) is 14. The molecule has 2 unspecified atom stereocenters. The molecule has 0 aliphatic carbocycles. The quantitative estimate of drug-likeness (QED) is 0.0893. The first-order chi connectivity index (χ1) is 16.6. The van der Waals surface area contributed by atoms with Crippen LogP contribution >= 0.6 is 23.5 Å². The van der Waals surface area contributed by atoms with Gasteiger partial charge in [0.1, 0.15) is 18.1 Å². The second-order valence-electron chi connectivity index (χ2n) is 7.11. The molecule has 36 heavy (non-hydrogen) atoms. The molecule has 9 N–H and O–H groups in total. The first-order valence-corrected chi connectivity index (χ1v) is 14.5. The van der Waals surface area contributed by atoms with Gasteiger partial charge in [-0.15, -0.1) is 0 Å². The predicted octanol–water partition coefficient (Wildman–Crippen LogP) is -1.69. The van der Waals surface area contributed by atoms with Crippen molar-refractivity contribution in [2.45, 2.75) is 31.5 Å². The SMILES string of the molecule is NCCOCCOCc1cn([C@H]2C[C@H](O)[C@@H](COP(=O)(O)OP(=O)(O)OP(=O)(O)O)O2)c(=O)nc1N. The Labute approximate surface area is 203 Å². The third kappa shape index (κ3) is 10.3. The van der Waals surface area contributed by atoms with Gasteiger partial charge in [-0.1, -0.05) is 0 Å². The van der Waals surface area contributed by atoms with Crippen molar-refractivity contribution in [3.63, 3.8) is 0 Å². The van der Waals surface area contributed by atoms with Crippen LogP contribution in [0.25, 0.3) is 0 Å². The molecule has 1 aromatic heterocycles. The number of phosphoric ester groups is 1. The number of nitrogen functional groups attached to an aromatic ring is 1. The molecule has 2 rings (SSSR count). The van der Waals surface area contributed by atoms with Crippen molar-refractivity contribution in [2.75, 3.05) is 38.7 Å². The van der Waals surface area contributed by atoms with Crippen LogP contribution in [0.15, 0.2) is 11.0 Å².